The quantitative estimate of drug-likeness (QED) is 0.723. The Labute approximate surface area is 89.3 Å². The molecule has 0 bridgehead atoms. The van der Waals surface area contributed by atoms with Gasteiger partial charge in [0.15, 0.2) is 0 Å². The van der Waals surface area contributed by atoms with Crippen molar-refractivity contribution < 1.29 is 4.79 Å². The first-order chi connectivity index (χ1) is 7.20. The van der Waals surface area contributed by atoms with Crippen molar-refractivity contribution in [2.45, 2.75) is 13.0 Å². The summed E-state index contributed by atoms with van der Waals surface area (Å²) in [6.45, 7) is 1.94. The van der Waals surface area contributed by atoms with E-state index >= 15 is 0 Å². The molecule has 0 atom stereocenters. The molecule has 0 unspecified atom stereocenters. The lowest BCUT2D eigenvalue weighted by molar-refractivity contribution is 0.0957. The van der Waals surface area contributed by atoms with Crippen molar-refractivity contribution in [3.05, 3.63) is 29.1 Å². The van der Waals surface area contributed by atoms with Crippen LogP contribution in [0.5, 0.6) is 0 Å². The molecule has 1 aliphatic rings. The van der Waals surface area contributed by atoms with Crippen LogP contribution in [0.4, 0.5) is 0 Å². The number of likely N-dealkylation sites (N-methyl/N-ethyl adjacent to an activating group) is 1. The maximum atomic E-state index is 11.4. The van der Waals surface area contributed by atoms with Crippen molar-refractivity contribution >= 4 is 5.91 Å². The van der Waals surface area contributed by atoms with E-state index in [2.05, 4.69) is 22.2 Å². The lowest BCUT2D eigenvalue weighted by Crippen LogP contribution is -2.28. The van der Waals surface area contributed by atoms with Crippen molar-refractivity contribution in [2.24, 2.45) is 0 Å². The summed E-state index contributed by atoms with van der Waals surface area (Å²) in [5.74, 6) is -0.114. The van der Waals surface area contributed by atoms with Crippen molar-refractivity contribution in [3.63, 3.8) is 0 Å². The van der Waals surface area contributed by atoms with Crippen molar-refractivity contribution in [3.8, 4) is 0 Å². The van der Waals surface area contributed by atoms with Crippen molar-refractivity contribution in [2.75, 3.05) is 20.6 Å². The highest BCUT2D eigenvalue weighted by atomic mass is 16.1. The standard InChI is InChI=1S/C11H15N3O/c1-12-11(15)10-4-3-8-7-14(2)6-5-9(8)13-10/h3-4H,5-7H2,1-2H3,(H,12,15). The zero-order chi connectivity index (χ0) is 10.8. The van der Waals surface area contributed by atoms with Crippen LogP contribution in [0, 0.1) is 0 Å². The summed E-state index contributed by atoms with van der Waals surface area (Å²) >= 11 is 0. The molecule has 4 heteroatoms. The Morgan fingerprint density at radius 3 is 3.07 bits per heavy atom. The third-order valence-corrected chi connectivity index (χ3v) is 2.70. The second kappa shape index (κ2) is 3.98. The minimum absolute atomic E-state index is 0.114. The summed E-state index contributed by atoms with van der Waals surface area (Å²) in [7, 11) is 3.72. The van der Waals surface area contributed by atoms with Crippen LogP contribution in [0.25, 0.3) is 0 Å². The Balaban J connectivity index is 2.30. The number of rotatable bonds is 1. The number of carbonyl (C=O) groups is 1. The van der Waals surface area contributed by atoms with Gasteiger partial charge in [0.1, 0.15) is 5.69 Å². The second-order valence-electron chi connectivity index (χ2n) is 3.87. The molecule has 1 aromatic heterocycles. The molecule has 0 fully saturated rings. The molecule has 0 spiro atoms. The SMILES string of the molecule is CNC(=O)c1ccc2c(n1)CCN(C)C2. The van der Waals surface area contributed by atoms with Gasteiger partial charge < -0.3 is 10.2 Å². The first-order valence-electron chi connectivity index (χ1n) is 5.10. The number of carbonyl (C=O) groups excluding carboxylic acids is 1. The molecular formula is C11H15N3O. The monoisotopic (exact) mass is 205 g/mol. The van der Waals surface area contributed by atoms with Gasteiger partial charge in [-0.05, 0) is 18.7 Å². The number of nitrogens with zero attached hydrogens (tertiary/aromatic N) is 2. The molecule has 15 heavy (non-hydrogen) atoms. The molecule has 1 aliphatic heterocycles. The largest absolute Gasteiger partial charge is 0.354 e. The first kappa shape index (κ1) is 10.1. The second-order valence-corrected chi connectivity index (χ2v) is 3.87. The summed E-state index contributed by atoms with van der Waals surface area (Å²) in [6, 6.07) is 3.79. The van der Waals surface area contributed by atoms with Crippen LogP contribution in [0.1, 0.15) is 21.7 Å². The van der Waals surface area contributed by atoms with E-state index in [4.69, 9.17) is 0 Å². The van der Waals surface area contributed by atoms with Gasteiger partial charge in [-0.25, -0.2) is 4.98 Å². The summed E-state index contributed by atoms with van der Waals surface area (Å²) in [6.07, 6.45) is 0.927. The van der Waals surface area contributed by atoms with E-state index in [1.165, 1.54) is 5.56 Å². The number of pyridine rings is 1. The minimum Gasteiger partial charge on any atom is -0.354 e. The number of fused-ring (bicyclic) bond motifs is 1. The summed E-state index contributed by atoms with van der Waals surface area (Å²) in [5, 5.41) is 2.58. The van der Waals surface area contributed by atoms with Gasteiger partial charge in [0, 0.05) is 32.3 Å². The maximum Gasteiger partial charge on any atom is 0.269 e. The molecule has 80 valence electrons. The van der Waals surface area contributed by atoms with E-state index in [1.807, 2.05) is 6.07 Å². The molecule has 0 aliphatic carbocycles. The molecule has 1 amide bonds. The Morgan fingerprint density at radius 2 is 2.33 bits per heavy atom. The Hall–Kier alpha value is -1.42. The Kier molecular flexibility index (Phi) is 2.68. The topological polar surface area (TPSA) is 45.2 Å². The van der Waals surface area contributed by atoms with Crippen LogP contribution in [0.15, 0.2) is 12.1 Å². The van der Waals surface area contributed by atoms with E-state index in [-0.39, 0.29) is 5.91 Å². The zero-order valence-corrected chi connectivity index (χ0v) is 9.08. The lowest BCUT2D eigenvalue weighted by atomic mass is 10.1. The molecule has 1 N–H and O–H groups in total. The summed E-state index contributed by atoms with van der Waals surface area (Å²) in [4.78, 5) is 18.0. The van der Waals surface area contributed by atoms with Gasteiger partial charge in [-0.15, -0.1) is 0 Å². The molecule has 0 radical (unpaired) electrons. The van der Waals surface area contributed by atoms with Crippen LogP contribution in [0.2, 0.25) is 0 Å². The van der Waals surface area contributed by atoms with E-state index in [9.17, 15) is 4.79 Å². The lowest BCUT2D eigenvalue weighted by Gasteiger charge is -2.24. The fraction of sp³-hybridized carbons (Fsp3) is 0.455. The van der Waals surface area contributed by atoms with Crippen molar-refractivity contribution in [1.82, 2.24) is 15.2 Å². The van der Waals surface area contributed by atoms with Gasteiger partial charge in [-0.1, -0.05) is 6.07 Å². The number of hydrogen-bond acceptors (Lipinski definition) is 3. The van der Waals surface area contributed by atoms with E-state index < -0.39 is 0 Å². The predicted octanol–water partition coefficient (Wildman–Crippen LogP) is 0.429. The Bertz CT molecular complexity index is 389. The number of hydrogen-bond donors (Lipinski definition) is 1. The van der Waals surface area contributed by atoms with Crippen LogP contribution in [-0.2, 0) is 13.0 Å². The molecule has 0 saturated heterocycles. The van der Waals surface area contributed by atoms with E-state index in [1.54, 1.807) is 13.1 Å². The van der Waals surface area contributed by atoms with Gasteiger partial charge in [0.2, 0.25) is 0 Å². The number of aromatic nitrogens is 1. The van der Waals surface area contributed by atoms with E-state index in [0.717, 1.165) is 25.2 Å². The molecule has 0 aromatic carbocycles. The van der Waals surface area contributed by atoms with Gasteiger partial charge in [-0.2, -0.15) is 0 Å². The molecule has 4 nitrogen and oxygen atoms in total. The highest BCUT2D eigenvalue weighted by molar-refractivity contribution is 5.92. The highest BCUT2D eigenvalue weighted by Gasteiger charge is 2.16. The molecule has 1 aromatic rings. The third-order valence-electron chi connectivity index (χ3n) is 2.70. The van der Waals surface area contributed by atoms with E-state index in [0.29, 0.717) is 5.69 Å². The predicted molar refractivity (Wildman–Crippen MR) is 57.7 cm³/mol. The Morgan fingerprint density at radius 1 is 1.53 bits per heavy atom. The van der Waals surface area contributed by atoms with Gasteiger partial charge in [-0.3, -0.25) is 4.79 Å². The fourth-order valence-electron chi connectivity index (χ4n) is 1.81. The summed E-state index contributed by atoms with van der Waals surface area (Å²) in [5.41, 5.74) is 2.81. The average Bonchev–Trinajstić information content (AvgIpc) is 2.27. The fourth-order valence-corrected chi connectivity index (χ4v) is 1.81. The smallest absolute Gasteiger partial charge is 0.269 e. The molecule has 0 saturated carbocycles. The van der Waals surface area contributed by atoms with Gasteiger partial charge >= 0.3 is 0 Å². The average molecular weight is 205 g/mol. The molecule has 2 heterocycles. The maximum absolute atomic E-state index is 11.4. The van der Waals surface area contributed by atoms with Crippen LogP contribution < -0.4 is 5.32 Å². The van der Waals surface area contributed by atoms with Crippen LogP contribution >= 0.6 is 0 Å². The number of amides is 1. The molecule has 2 rings (SSSR count). The zero-order valence-electron chi connectivity index (χ0n) is 9.08. The van der Waals surface area contributed by atoms with Crippen LogP contribution in [0.3, 0.4) is 0 Å². The minimum atomic E-state index is -0.114. The van der Waals surface area contributed by atoms with Crippen molar-refractivity contribution in [1.29, 1.82) is 0 Å². The number of nitrogens with one attached hydrogen (secondary N) is 1. The highest BCUT2D eigenvalue weighted by Crippen LogP contribution is 2.16. The van der Waals surface area contributed by atoms with Gasteiger partial charge in [0.25, 0.3) is 5.91 Å². The molecular weight excluding hydrogens is 190 g/mol. The van der Waals surface area contributed by atoms with Crippen LogP contribution in [-0.4, -0.2) is 36.4 Å². The summed E-state index contributed by atoms with van der Waals surface area (Å²) < 4.78 is 0. The first-order valence-corrected chi connectivity index (χ1v) is 5.10. The normalized spacial score (nSPS) is 15.9. The van der Waals surface area contributed by atoms with Gasteiger partial charge in [0.05, 0.1) is 0 Å². The third kappa shape index (κ3) is 1.99.